The van der Waals surface area contributed by atoms with E-state index in [1.54, 1.807) is 0 Å². The fourth-order valence-corrected chi connectivity index (χ4v) is 2.10. The summed E-state index contributed by atoms with van der Waals surface area (Å²) in [7, 11) is 2.10. The van der Waals surface area contributed by atoms with Crippen molar-refractivity contribution in [1.29, 1.82) is 0 Å². The van der Waals surface area contributed by atoms with Crippen LogP contribution in [0.1, 0.15) is 12.8 Å². The highest BCUT2D eigenvalue weighted by Gasteiger charge is 2.41. The number of rotatable bonds is 4. The summed E-state index contributed by atoms with van der Waals surface area (Å²) in [5.41, 5.74) is 7.31. The molecule has 0 aliphatic heterocycles. The fraction of sp³-hybridized carbons (Fsp3) is 0.500. The number of nitrogens with two attached hydrogens (primary N) is 1. The molecule has 0 saturated heterocycles. The van der Waals surface area contributed by atoms with Gasteiger partial charge in [-0.25, -0.2) is 0 Å². The normalized spacial score (nSPS) is 17.5. The van der Waals surface area contributed by atoms with Crippen molar-refractivity contribution in [2.75, 3.05) is 25.0 Å². The first-order chi connectivity index (χ1) is 7.15. The number of hydrogen-bond donors (Lipinski definition) is 1. The van der Waals surface area contributed by atoms with Crippen LogP contribution < -0.4 is 10.6 Å². The Kier molecular flexibility index (Phi) is 2.89. The third-order valence-corrected chi connectivity index (χ3v) is 3.45. The maximum Gasteiger partial charge on any atom is 0.0426 e. The van der Waals surface area contributed by atoms with E-state index in [0.29, 0.717) is 5.41 Å². The molecular formula is C12H17ClN2. The van der Waals surface area contributed by atoms with Crippen molar-refractivity contribution >= 4 is 17.3 Å². The van der Waals surface area contributed by atoms with Crippen molar-refractivity contribution in [2.24, 2.45) is 11.1 Å². The van der Waals surface area contributed by atoms with Gasteiger partial charge in [-0.1, -0.05) is 17.7 Å². The van der Waals surface area contributed by atoms with Crippen LogP contribution in [-0.2, 0) is 0 Å². The predicted octanol–water partition coefficient (Wildman–Crippen LogP) is 2.52. The van der Waals surface area contributed by atoms with Crippen molar-refractivity contribution in [3.8, 4) is 0 Å². The van der Waals surface area contributed by atoms with E-state index in [4.69, 9.17) is 17.3 Å². The second-order valence-electron chi connectivity index (χ2n) is 4.54. The van der Waals surface area contributed by atoms with Gasteiger partial charge < -0.3 is 10.6 Å². The lowest BCUT2D eigenvalue weighted by Crippen LogP contribution is -2.31. The molecule has 15 heavy (non-hydrogen) atoms. The maximum atomic E-state index is 5.96. The molecule has 1 aromatic carbocycles. The number of nitrogens with zero attached hydrogens (tertiary/aromatic N) is 1. The van der Waals surface area contributed by atoms with Gasteiger partial charge in [-0.05, 0) is 37.6 Å². The van der Waals surface area contributed by atoms with Crippen LogP contribution in [0.15, 0.2) is 24.3 Å². The summed E-state index contributed by atoms with van der Waals surface area (Å²) in [6.45, 7) is 1.82. The molecule has 0 radical (unpaired) electrons. The zero-order valence-corrected chi connectivity index (χ0v) is 9.80. The number of benzene rings is 1. The molecule has 0 heterocycles. The summed E-state index contributed by atoms with van der Waals surface area (Å²) >= 11 is 5.96. The van der Waals surface area contributed by atoms with Crippen molar-refractivity contribution in [3.63, 3.8) is 0 Å². The summed E-state index contributed by atoms with van der Waals surface area (Å²) in [6, 6.07) is 7.96. The molecule has 1 aromatic rings. The van der Waals surface area contributed by atoms with Crippen molar-refractivity contribution in [3.05, 3.63) is 29.3 Å². The van der Waals surface area contributed by atoms with Crippen molar-refractivity contribution < 1.29 is 0 Å². The average Bonchev–Trinajstić information content (AvgIpc) is 2.98. The molecule has 0 atom stereocenters. The lowest BCUT2D eigenvalue weighted by Gasteiger charge is -2.24. The Bertz CT molecular complexity index is 347. The first-order valence-electron chi connectivity index (χ1n) is 5.32. The zero-order valence-electron chi connectivity index (χ0n) is 9.04. The van der Waals surface area contributed by atoms with Crippen LogP contribution in [0.3, 0.4) is 0 Å². The third kappa shape index (κ3) is 2.44. The molecule has 2 N–H and O–H groups in total. The molecule has 0 amide bonds. The first-order valence-corrected chi connectivity index (χ1v) is 5.70. The number of anilines is 1. The van der Waals surface area contributed by atoms with Crippen molar-refractivity contribution in [1.82, 2.24) is 0 Å². The summed E-state index contributed by atoms with van der Waals surface area (Å²) < 4.78 is 0. The molecule has 3 heteroatoms. The highest BCUT2D eigenvalue weighted by molar-refractivity contribution is 6.30. The Labute approximate surface area is 96.0 Å². The minimum Gasteiger partial charge on any atom is -0.374 e. The Morgan fingerprint density at radius 3 is 2.73 bits per heavy atom. The minimum absolute atomic E-state index is 0.372. The van der Waals surface area contributed by atoms with Crippen LogP contribution in [-0.4, -0.2) is 20.1 Å². The molecule has 1 saturated carbocycles. The molecule has 0 aromatic heterocycles. The van der Waals surface area contributed by atoms with Gasteiger partial charge in [0.25, 0.3) is 0 Å². The van der Waals surface area contributed by atoms with Crippen LogP contribution in [0.5, 0.6) is 0 Å². The van der Waals surface area contributed by atoms with Crippen molar-refractivity contribution in [2.45, 2.75) is 12.8 Å². The number of halogens is 1. The topological polar surface area (TPSA) is 29.3 Å². The monoisotopic (exact) mass is 224 g/mol. The quantitative estimate of drug-likeness (QED) is 0.852. The number of hydrogen-bond acceptors (Lipinski definition) is 2. The molecular weight excluding hydrogens is 208 g/mol. The molecule has 1 fully saturated rings. The van der Waals surface area contributed by atoms with Gasteiger partial charge in [-0.2, -0.15) is 0 Å². The summed E-state index contributed by atoms with van der Waals surface area (Å²) in [5, 5.41) is 0.789. The molecule has 2 rings (SSSR count). The van der Waals surface area contributed by atoms with E-state index >= 15 is 0 Å². The Balaban J connectivity index is 2.04. The van der Waals surface area contributed by atoms with Gasteiger partial charge in [0.1, 0.15) is 0 Å². The van der Waals surface area contributed by atoms with E-state index in [0.717, 1.165) is 18.1 Å². The lowest BCUT2D eigenvalue weighted by atomic mass is 10.1. The Morgan fingerprint density at radius 2 is 2.20 bits per heavy atom. The molecule has 0 unspecified atom stereocenters. The van der Waals surface area contributed by atoms with E-state index in [9.17, 15) is 0 Å². The average molecular weight is 225 g/mol. The molecule has 82 valence electrons. The maximum absolute atomic E-state index is 5.96. The Morgan fingerprint density at radius 1 is 1.47 bits per heavy atom. The summed E-state index contributed by atoms with van der Waals surface area (Å²) in [6.07, 6.45) is 2.52. The van der Waals surface area contributed by atoms with Crippen LogP contribution in [0.4, 0.5) is 5.69 Å². The van der Waals surface area contributed by atoms with Gasteiger partial charge in [-0.15, -0.1) is 0 Å². The van der Waals surface area contributed by atoms with Gasteiger partial charge in [-0.3, -0.25) is 0 Å². The highest BCUT2D eigenvalue weighted by Crippen LogP contribution is 2.45. The zero-order chi connectivity index (χ0) is 10.9. The second-order valence-corrected chi connectivity index (χ2v) is 4.98. The predicted molar refractivity (Wildman–Crippen MR) is 65.4 cm³/mol. The minimum atomic E-state index is 0.372. The van der Waals surface area contributed by atoms with Crippen LogP contribution >= 0.6 is 11.6 Å². The van der Waals surface area contributed by atoms with Crippen LogP contribution in [0.2, 0.25) is 5.02 Å². The van der Waals surface area contributed by atoms with Gasteiger partial charge in [0, 0.05) is 29.7 Å². The molecule has 2 nitrogen and oxygen atoms in total. The second kappa shape index (κ2) is 4.03. The van der Waals surface area contributed by atoms with Gasteiger partial charge in [0.2, 0.25) is 0 Å². The molecule has 0 spiro atoms. The van der Waals surface area contributed by atoms with Gasteiger partial charge >= 0.3 is 0 Å². The van der Waals surface area contributed by atoms with E-state index in [2.05, 4.69) is 18.0 Å². The smallest absolute Gasteiger partial charge is 0.0426 e. The van der Waals surface area contributed by atoms with E-state index in [1.165, 1.54) is 18.5 Å². The first kappa shape index (κ1) is 10.8. The van der Waals surface area contributed by atoms with E-state index in [1.807, 2.05) is 18.2 Å². The highest BCUT2D eigenvalue weighted by atomic mass is 35.5. The standard InChI is InChI=1S/C12H17ClN2/c1-15(9-12(8-14)5-6-12)11-4-2-3-10(13)7-11/h2-4,7H,5-6,8-9,14H2,1H3. The largest absolute Gasteiger partial charge is 0.374 e. The van der Waals surface area contributed by atoms with Crippen LogP contribution in [0, 0.1) is 5.41 Å². The van der Waals surface area contributed by atoms with Gasteiger partial charge in [0.15, 0.2) is 0 Å². The van der Waals surface area contributed by atoms with E-state index < -0.39 is 0 Å². The Hall–Kier alpha value is -0.730. The van der Waals surface area contributed by atoms with Gasteiger partial charge in [0.05, 0.1) is 0 Å². The summed E-state index contributed by atoms with van der Waals surface area (Å²) in [4.78, 5) is 2.24. The fourth-order valence-electron chi connectivity index (χ4n) is 1.91. The molecule has 0 bridgehead atoms. The third-order valence-electron chi connectivity index (χ3n) is 3.21. The lowest BCUT2D eigenvalue weighted by molar-refractivity contribution is 0.523. The summed E-state index contributed by atoms with van der Waals surface area (Å²) in [5.74, 6) is 0. The SMILES string of the molecule is CN(CC1(CN)CC1)c1cccc(Cl)c1. The molecule has 1 aliphatic rings. The van der Waals surface area contributed by atoms with Crippen LogP contribution in [0.25, 0.3) is 0 Å². The van der Waals surface area contributed by atoms with E-state index in [-0.39, 0.29) is 0 Å². The molecule has 1 aliphatic carbocycles.